The van der Waals surface area contributed by atoms with Gasteiger partial charge in [-0.3, -0.25) is 0 Å². The van der Waals surface area contributed by atoms with E-state index in [2.05, 4.69) is 66.8 Å². The van der Waals surface area contributed by atoms with Gasteiger partial charge in [0.2, 0.25) is 0 Å². The van der Waals surface area contributed by atoms with Crippen molar-refractivity contribution in [3.63, 3.8) is 0 Å². The van der Waals surface area contributed by atoms with Gasteiger partial charge in [0.25, 0.3) is 0 Å². The molecule has 0 aromatic heterocycles. The van der Waals surface area contributed by atoms with Gasteiger partial charge in [-0.15, -0.1) is 0 Å². The number of aryl methyl sites for hydroxylation is 1. The lowest BCUT2D eigenvalue weighted by Gasteiger charge is -2.15. The molecule has 0 bridgehead atoms. The van der Waals surface area contributed by atoms with Gasteiger partial charge in [0.15, 0.2) is 0 Å². The summed E-state index contributed by atoms with van der Waals surface area (Å²) in [6.07, 6.45) is 2.44. The molecule has 1 aromatic carbocycles. The Hall–Kier alpha value is -0.0500. The van der Waals surface area contributed by atoms with Crippen LogP contribution in [0.1, 0.15) is 25.8 Å². The fourth-order valence-corrected chi connectivity index (χ4v) is 1.36. The van der Waals surface area contributed by atoms with Crippen LogP contribution in [0.15, 0.2) is 30.3 Å². The van der Waals surface area contributed by atoms with Crippen molar-refractivity contribution < 1.29 is 0 Å². The van der Waals surface area contributed by atoms with Crippen molar-refractivity contribution in [2.75, 3.05) is 0 Å². The molecule has 0 amide bonds. The molecule has 66 valence electrons. The maximum atomic E-state index is 2.50. The third-order valence-electron chi connectivity index (χ3n) is 1.85. The first-order valence-electron chi connectivity index (χ1n) is 4.31. The highest BCUT2D eigenvalue weighted by atomic mass is 127. The van der Waals surface area contributed by atoms with Crippen LogP contribution in [0, 0.1) is 0 Å². The Morgan fingerprint density at radius 1 is 1.17 bits per heavy atom. The van der Waals surface area contributed by atoms with Crippen molar-refractivity contribution in [1.82, 2.24) is 0 Å². The van der Waals surface area contributed by atoms with Crippen LogP contribution in [0.3, 0.4) is 0 Å². The van der Waals surface area contributed by atoms with Gasteiger partial charge in [-0.05, 0) is 18.4 Å². The summed E-state index contributed by atoms with van der Waals surface area (Å²) in [4.78, 5) is 0. The fourth-order valence-electron chi connectivity index (χ4n) is 1.09. The number of hydrogen-bond donors (Lipinski definition) is 0. The molecule has 1 rings (SSSR count). The Bertz CT molecular complexity index is 221. The van der Waals surface area contributed by atoms with E-state index in [0.29, 0.717) is 3.42 Å². The van der Waals surface area contributed by atoms with Gasteiger partial charge in [-0.2, -0.15) is 0 Å². The second kappa shape index (κ2) is 4.26. The zero-order valence-corrected chi connectivity index (χ0v) is 9.84. The molecule has 0 aliphatic heterocycles. The molecule has 0 N–H and O–H groups in total. The van der Waals surface area contributed by atoms with Crippen molar-refractivity contribution in [3.8, 4) is 0 Å². The molecule has 0 unspecified atom stereocenters. The van der Waals surface area contributed by atoms with E-state index in [0.717, 1.165) is 0 Å². The summed E-state index contributed by atoms with van der Waals surface area (Å²) in [7, 11) is 0. The number of rotatable bonds is 3. The minimum atomic E-state index is 0.424. The number of halogens is 1. The molecule has 0 fully saturated rings. The van der Waals surface area contributed by atoms with Gasteiger partial charge in [0.05, 0.1) is 0 Å². The van der Waals surface area contributed by atoms with E-state index in [1.807, 2.05) is 0 Å². The zero-order chi connectivity index (χ0) is 9.03. The zero-order valence-electron chi connectivity index (χ0n) is 7.68. The minimum Gasteiger partial charge on any atom is -0.0795 e. The number of hydrogen-bond acceptors (Lipinski definition) is 0. The highest BCUT2D eigenvalue weighted by molar-refractivity contribution is 14.1. The first-order valence-corrected chi connectivity index (χ1v) is 5.39. The van der Waals surface area contributed by atoms with E-state index in [1.165, 1.54) is 18.4 Å². The summed E-state index contributed by atoms with van der Waals surface area (Å²) in [6, 6.07) is 10.7. The van der Waals surface area contributed by atoms with Crippen molar-refractivity contribution in [3.05, 3.63) is 35.9 Å². The Morgan fingerprint density at radius 3 is 2.25 bits per heavy atom. The van der Waals surface area contributed by atoms with Crippen LogP contribution < -0.4 is 0 Å². The van der Waals surface area contributed by atoms with Crippen LogP contribution in [0.5, 0.6) is 0 Å². The van der Waals surface area contributed by atoms with E-state index in [1.54, 1.807) is 0 Å². The van der Waals surface area contributed by atoms with Gasteiger partial charge in [-0.1, -0.05) is 66.8 Å². The van der Waals surface area contributed by atoms with E-state index in [9.17, 15) is 0 Å². The number of alkyl halides is 1. The molecule has 0 saturated heterocycles. The van der Waals surface area contributed by atoms with Crippen molar-refractivity contribution in [2.45, 2.75) is 30.1 Å². The maximum Gasteiger partial charge on any atom is 0.0169 e. The van der Waals surface area contributed by atoms with Crippen molar-refractivity contribution >= 4 is 22.6 Å². The maximum absolute atomic E-state index is 2.50. The SMILES string of the molecule is CC(C)(I)CCc1ccccc1. The highest BCUT2D eigenvalue weighted by Crippen LogP contribution is 2.23. The molecule has 1 aromatic rings. The first-order chi connectivity index (χ1) is 5.58. The normalized spacial score (nSPS) is 11.6. The Morgan fingerprint density at radius 2 is 1.75 bits per heavy atom. The third kappa shape index (κ3) is 4.10. The molecule has 0 spiro atoms. The lowest BCUT2D eigenvalue weighted by Crippen LogP contribution is -2.09. The molecule has 0 atom stereocenters. The monoisotopic (exact) mass is 274 g/mol. The van der Waals surface area contributed by atoms with Crippen LogP contribution in [0.25, 0.3) is 0 Å². The molecule has 0 aliphatic carbocycles. The molecule has 0 heterocycles. The largest absolute Gasteiger partial charge is 0.0795 e. The van der Waals surface area contributed by atoms with E-state index in [-0.39, 0.29) is 0 Å². The topological polar surface area (TPSA) is 0 Å². The van der Waals surface area contributed by atoms with E-state index in [4.69, 9.17) is 0 Å². The van der Waals surface area contributed by atoms with Crippen molar-refractivity contribution in [2.24, 2.45) is 0 Å². The van der Waals surface area contributed by atoms with Crippen LogP contribution in [0.4, 0.5) is 0 Å². The van der Waals surface area contributed by atoms with Gasteiger partial charge in [-0.25, -0.2) is 0 Å². The predicted octanol–water partition coefficient (Wildman–Crippen LogP) is 3.83. The summed E-state index contributed by atoms with van der Waals surface area (Å²) in [5, 5.41) is 0. The second-order valence-corrected chi connectivity index (χ2v) is 6.62. The van der Waals surface area contributed by atoms with Gasteiger partial charge in [0, 0.05) is 3.42 Å². The summed E-state index contributed by atoms with van der Waals surface area (Å²) in [6.45, 7) is 4.55. The van der Waals surface area contributed by atoms with Crippen LogP contribution in [-0.2, 0) is 6.42 Å². The Labute approximate surface area is 88.5 Å². The standard InChI is InChI=1S/C11H15I/c1-11(2,12)9-8-10-6-4-3-5-7-10/h3-7H,8-9H2,1-2H3. The third-order valence-corrected chi connectivity index (χ3v) is 2.39. The smallest absolute Gasteiger partial charge is 0.0169 e. The molecule has 1 heteroatoms. The fraction of sp³-hybridized carbons (Fsp3) is 0.455. The average molecular weight is 274 g/mol. The molecule has 0 saturated carbocycles. The van der Waals surface area contributed by atoms with Crippen LogP contribution in [0.2, 0.25) is 0 Å². The summed E-state index contributed by atoms with van der Waals surface area (Å²) >= 11 is 2.50. The molecule has 0 radical (unpaired) electrons. The second-order valence-electron chi connectivity index (χ2n) is 3.70. The Kier molecular flexibility index (Phi) is 3.56. The molecular weight excluding hydrogens is 259 g/mol. The average Bonchev–Trinajstić information content (AvgIpc) is 2.02. The summed E-state index contributed by atoms with van der Waals surface area (Å²) in [5.74, 6) is 0. The van der Waals surface area contributed by atoms with E-state index < -0.39 is 0 Å². The van der Waals surface area contributed by atoms with Crippen LogP contribution >= 0.6 is 22.6 Å². The predicted molar refractivity (Wildman–Crippen MR) is 62.9 cm³/mol. The minimum absolute atomic E-state index is 0.424. The summed E-state index contributed by atoms with van der Waals surface area (Å²) in [5.41, 5.74) is 1.45. The van der Waals surface area contributed by atoms with Gasteiger partial charge < -0.3 is 0 Å². The molecule has 0 nitrogen and oxygen atoms in total. The summed E-state index contributed by atoms with van der Waals surface area (Å²) < 4.78 is 0.424. The quantitative estimate of drug-likeness (QED) is 0.580. The van der Waals surface area contributed by atoms with Crippen LogP contribution in [-0.4, -0.2) is 3.42 Å². The van der Waals surface area contributed by atoms with E-state index >= 15 is 0 Å². The molecule has 0 aliphatic rings. The van der Waals surface area contributed by atoms with Gasteiger partial charge >= 0.3 is 0 Å². The van der Waals surface area contributed by atoms with Crippen molar-refractivity contribution in [1.29, 1.82) is 0 Å². The lowest BCUT2D eigenvalue weighted by molar-refractivity contribution is 0.668. The molecular formula is C11H15I. The molecule has 12 heavy (non-hydrogen) atoms. The highest BCUT2D eigenvalue weighted by Gasteiger charge is 2.11. The Balaban J connectivity index is 2.44. The lowest BCUT2D eigenvalue weighted by atomic mass is 10.0. The van der Waals surface area contributed by atoms with Gasteiger partial charge in [0.1, 0.15) is 0 Å². The number of benzene rings is 1. The first kappa shape index (κ1) is 10.0.